The second kappa shape index (κ2) is 4.95. The third-order valence-electron chi connectivity index (χ3n) is 2.70. The zero-order valence-electron chi connectivity index (χ0n) is 10.5. The van der Waals surface area contributed by atoms with Gasteiger partial charge in [-0.15, -0.1) is 0 Å². The summed E-state index contributed by atoms with van der Waals surface area (Å²) in [7, 11) is 0. The number of nitrogen functional groups attached to an aromatic ring is 1. The zero-order chi connectivity index (χ0) is 13.9. The van der Waals surface area contributed by atoms with E-state index in [0.717, 1.165) is 0 Å². The first-order chi connectivity index (χ1) is 8.24. The van der Waals surface area contributed by atoms with Gasteiger partial charge < -0.3 is 22.5 Å². The maximum Gasteiger partial charge on any atom is 0.250 e. The maximum atomic E-state index is 11.2. The number of hydrogen-bond donors (Lipinski definition) is 4. The predicted molar refractivity (Wildman–Crippen MR) is 70.8 cm³/mol. The van der Waals surface area contributed by atoms with Crippen LogP contribution >= 0.6 is 0 Å². The van der Waals surface area contributed by atoms with Crippen molar-refractivity contribution >= 4 is 23.2 Å². The van der Waals surface area contributed by atoms with E-state index in [-0.39, 0.29) is 6.54 Å². The van der Waals surface area contributed by atoms with Crippen molar-refractivity contribution in [3.05, 3.63) is 23.8 Å². The van der Waals surface area contributed by atoms with Gasteiger partial charge >= 0.3 is 0 Å². The number of primary amides is 2. The van der Waals surface area contributed by atoms with Crippen LogP contribution < -0.4 is 22.5 Å². The Labute approximate surface area is 106 Å². The fourth-order valence-electron chi connectivity index (χ4n) is 1.33. The van der Waals surface area contributed by atoms with Gasteiger partial charge in [0.25, 0.3) is 5.91 Å². The van der Waals surface area contributed by atoms with Gasteiger partial charge in [-0.05, 0) is 32.0 Å². The van der Waals surface area contributed by atoms with Crippen LogP contribution in [0.3, 0.4) is 0 Å². The Morgan fingerprint density at radius 2 is 1.89 bits per heavy atom. The molecule has 0 aliphatic heterocycles. The highest BCUT2D eigenvalue weighted by Gasteiger charge is 2.25. The molecule has 0 atom stereocenters. The van der Waals surface area contributed by atoms with Crippen LogP contribution in [0.2, 0.25) is 0 Å². The minimum atomic E-state index is -0.737. The van der Waals surface area contributed by atoms with Gasteiger partial charge in [-0.2, -0.15) is 0 Å². The summed E-state index contributed by atoms with van der Waals surface area (Å²) in [5.41, 5.74) is 16.7. The average Bonchev–Trinajstić information content (AvgIpc) is 2.26. The highest BCUT2D eigenvalue weighted by Crippen LogP contribution is 2.21. The molecule has 0 unspecified atom stereocenters. The minimum absolute atomic E-state index is 0.284. The molecular weight excluding hydrogens is 232 g/mol. The molecule has 0 heterocycles. The molecule has 18 heavy (non-hydrogen) atoms. The molecule has 0 spiro atoms. The number of rotatable bonds is 5. The standard InChI is InChI=1S/C12H18N4O2/c1-12(2,11(15)18)6-16-9-5-7(13)3-4-8(9)10(14)17/h3-5,16H,6,13H2,1-2H3,(H2,14,17)(H2,15,18). The average molecular weight is 250 g/mol. The summed E-state index contributed by atoms with van der Waals surface area (Å²) in [6, 6.07) is 4.72. The van der Waals surface area contributed by atoms with Crippen molar-refractivity contribution in [2.24, 2.45) is 16.9 Å². The molecule has 98 valence electrons. The predicted octanol–water partition coefficient (Wildman–Crippen LogP) is 0.291. The number of carbonyl (C=O) groups excluding carboxylic acids is 2. The van der Waals surface area contributed by atoms with Crippen LogP contribution in [0.15, 0.2) is 18.2 Å². The highest BCUT2D eigenvalue weighted by atomic mass is 16.1. The first-order valence-corrected chi connectivity index (χ1v) is 5.47. The van der Waals surface area contributed by atoms with Gasteiger partial charge in [0.1, 0.15) is 0 Å². The van der Waals surface area contributed by atoms with Gasteiger partial charge in [0.15, 0.2) is 0 Å². The SMILES string of the molecule is CC(C)(CNc1cc(N)ccc1C(N)=O)C(N)=O. The van der Waals surface area contributed by atoms with E-state index in [1.54, 1.807) is 26.0 Å². The summed E-state index contributed by atoms with van der Waals surface area (Å²) < 4.78 is 0. The van der Waals surface area contributed by atoms with Gasteiger partial charge in [-0.3, -0.25) is 9.59 Å². The molecule has 2 amide bonds. The molecule has 1 aromatic carbocycles. The van der Waals surface area contributed by atoms with E-state index < -0.39 is 17.2 Å². The topological polar surface area (TPSA) is 124 Å². The Hall–Kier alpha value is -2.24. The van der Waals surface area contributed by atoms with Crippen molar-refractivity contribution in [1.29, 1.82) is 0 Å². The Morgan fingerprint density at radius 1 is 1.28 bits per heavy atom. The lowest BCUT2D eigenvalue weighted by Crippen LogP contribution is -2.37. The van der Waals surface area contributed by atoms with Gasteiger partial charge in [0, 0.05) is 17.9 Å². The molecule has 0 radical (unpaired) electrons. The summed E-state index contributed by atoms with van der Waals surface area (Å²) in [6.07, 6.45) is 0. The van der Waals surface area contributed by atoms with Crippen molar-refractivity contribution < 1.29 is 9.59 Å². The lowest BCUT2D eigenvalue weighted by molar-refractivity contribution is -0.125. The van der Waals surface area contributed by atoms with E-state index in [1.807, 2.05) is 0 Å². The molecule has 1 rings (SSSR count). The van der Waals surface area contributed by atoms with Crippen LogP contribution in [0, 0.1) is 5.41 Å². The van der Waals surface area contributed by atoms with Crippen molar-refractivity contribution in [1.82, 2.24) is 0 Å². The lowest BCUT2D eigenvalue weighted by atomic mass is 9.92. The lowest BCUT2D eigenvalue weighted by Gasteiger charge is -2.22. The van der Waals surface area contributed by atoms with Crippen molar-refractivity contribution in [2.45, 2.75) is 13.8 Å². The quantitative estimate of drug-likeness (QED) is 0.560. The number of nitrogens with one attached hydrogen (secondary N) is 1. The van der Waals surface area contributed by atoms with Crippen molar-refractivity contribution in [3.63, 3.8) is 0 Å². The third kappa shape index (κ3) is 3.13. The minimum Gasteiger partial charge on any atom is -0.399 e. The Balaban J connectivity index is 2.94. The van der Waals surface area contributed by atoms with Crippen LogP contribution in [-0.4, -0.2) is 18.4 Å². The van der Waals surface area contributed by atoms with E-state index in [4.69, 9.17) is 17.2 Å². The van der Waals surface area contributed by atoms with Gasteiger partial charge in [0.05, 0.1) is 11.0 Å². The van der Waals surface area contributed by atoms with Crippen LogP contribution in [0.4, 0.5) is 11.4 Å². The number of amides is 2. The molecular formula is C12H18N4O2. The number of anilines is 2. The van der Waals surface area contributed by atoms with Crippen molar-refractivity contribution in [2.75, 3.05) is 17.6 Å². The normalized spacial score (nSPS) is 11.0. The Morgan fingerprint density at radius 3 is 2.39 bits per heavy atom. The summed E-state index contributed by atoms with van der Waals surface area (Å²) in [5, 5.41) is 2.98. The molecule has 0 aliphatic carbocycles. The number of benzene rings is 1. The maximum absolute atomic E-state index is 11.2. The Bertz CT molecular complexity index is 483. The van der Waals surface area contributed by atoms with Gasteiger partial charge in [-0.1, -0.05) is 0 Å². The molecule has 7 N–H and O–H groups in total. The summed E-state index contributed by atoms with van der Waals surface area (Å²) in [5.74, 6) is -0.992. The summed E-state index contributed by atoms with van der Waals surface area (Å²) in [4.78, 5) is 22.4. The van der Waals surface area contributed by atoms with Crippen LogP contribution in [0.25, 0.3) is 0 Å². The van der Waals surface area contributed by atoms with Crippen LogP contribution in [-0.2, 0) is 4.79 Å². The fourth-order valence-corrected chi connectivity index (χ4v) is 1.33. The second-order valence-corrected chi connectivity index (χ2v) is 4.77. The molecule has 0 bridgehead atoms. The number of carbonyl (C=O) groups is 2. The molecule has 6 nitrogen and oxygen atoms in total. The zero-order valence-corrected chi connectivity index (χ0v) is 10.5. The van der Waals surface area contributed by atoms with Crippen molar-refractivity contribution in [3.8, 4) is 0 Å². The molecule has 0 saturated carbocycles. The van der Waals surface area contributed by atoms with E-state index in [9.17, 15) is 9.59 Å². The van der Waals surface area contributed by atoms with E-state index in [1.165, 1.54) is 6.07 Å². The van der Waals surface area contributed by atoms with Gasteiger partial charge in [-0.25, -0.2) is 0 Å². The molecule has 0 saturated heterocycles. The first-order valence-electron chi connectivity index (χ1n) is 5.47. The third-order valence-corrected chi connectivity index (χ3v) is 2.70. The largest absolute Gasteiger partial charge is 0.399 e. The smallest absolute Gasteiger partial charge is 0.250 e. The van der Waals surface area contributed by atoms with Crippen LogP contribution in [0.5, 0.6) is 0 Å². The van der Waals surface area contributed by atoms with E-state index in [2.05, 4.69) is 5.32 Å². The van der Waals surface area contributed by atoms with E-state index in [0.29, 0.717) is 16.9 Å². The number of hydrogen-bond acceptors (Lipinski definition) is 4. The molecule has 6 heteroatoms. The van der Waals surface area contributed by atoms with E-state index >= 15 is 0 Å². The Kier molecular flexibility index (Phi) is 3.80. The monoisotopic (exact) mass is 250 g/mol. The molecule has 0 aliphatic rings. The second-order valence-electron chi connectivity index (χ2n) is 4.77. The summed E-state index contributed by atoms with van der Waals surface area (Å²) >= 11 is 0. The molecule has 0 fully saturated rings. The number of nitrogens with two attached hydrogens (primary N) is 3. The molecule has 0 aromatic heterocycles. The highest BCUT2D eigenvalue weighted by molar-refractivity contribution is 5.99. The fraction of sp³-hybridized carbons (Fsp3) is 0.333. The van der Waals surface area contributed by atoms with Gasteiger partial charge in [0.2, 0.25) is 5.91 Å². The van der Waals surface area contributed by atoms with Crippen LogP contribution in [0.1, 0.15) is 24.2 Å². The molecule has 1 aromatic rings. The summed E-state index contributed by atoms with van der Waals surface area (Å²) in [6.45, 7) is 3.70. The first kappa shape index (κ1) is 13.8.